The summed E-state index contributed by atoms with van der Waals surface area (Å²) in [5, 5.41) is 0. The van der Waals surface area contributed by atoms with Gasteiger partial charge in [0, 0.05) is 30.9 Å². The molecule has 1 aromatic rings. The lowest BCUT2D eigenvalue weighted by Crippen LogP contribution is -2.35. The third-order valence-electron chi connectivity index (χ3n) is 5.07. The van der Waals surface area contributed by atoms with E-state index in [1.807, 2.05) is 0 Å². The fraction of sp³-hybridized carbons (Fsp3) is 0.706. The van der Waals surface area contributed by atoms with E-state index in [2.05, 4.69) is 17.9 Å². The summed E-state index contributed by atoms with van der Waals surface area (Å²) in [6.45, 7) is 5.22. The molecule has 0 radical (unpaired) electrons. The molecule has 0 spiro atoms. The highest BCUT2D eigenvalue weighted by molar-refractivity contribution is 5.50. The lowest BCUT2D eigenvalue weighted by atomic mass is 9.92. The monoisotopic (exact) mass is 273 g/mol. The normalized spacial score (nSPS) is 20.0. The summed E-state index contributed by atoms with van der Waals surface area (Å²) in [6.07, 6.45) is 8.86. The van der Waals surface area contributed by atoms with Gasteiger partial charge >= 0.3 is 0 Å². The average Bonchev–Trinajstić information content (AvgIpc) is 2.53. The SMILES string of the molecule is CCC1CCN(c2nc3c(cc2CN)CCCC3)CC1. The molecule has 20 heavy (non-hydrogen) atoms. The molecule has 0 aromatic carbocycles. The maximum absolute atomic E-state index is 5.98. The van der Waals surface area contributed by atoms with E-state index in [9.17, 15) is 0 Å². The van der Waals surface area contributed by atoms with Crippen molar-refractivity contribution in [1.82, 2.24) is 4.98 Å². The van der Waals surface area contributed by atoms with Gasteiger partial charge in [-0.3, -0.25) is 0 Å². The predicted molar refractivity (Wildman–Crippen MR) is 84.0 cm³/mol. The smallest absolute Gasteiger partial charge is 0.133 e. The van der Waals surface area contributed by atoms with E-state index in [1.54, 1.807) is 0 Å². The molecule has 3 heteroatoms. The summed E-state index contributed by atoms with van der Waals surface area (Å²) in [7, 11) is 0. The molecular formula is C17H27N3. The zero-order valence-electron chi connectivity index (χ0n) is 12.7. The van der Waals surface area contributed by atoms with E-state index in [0.29, 0.717) is 6.54 Å². The van der Waals surface area contributed by atoms with Crippen LogP contribution in [0.3, 0.4) is 0 Å². The number of nitrogens with two attached hydrogens (primary N) is 1. The number of fused-ring (bicyclic) bond motifs is 1. The second-order valence-corrected chi connectivity index (χ2v) is 6.33. The van der Waals surface area contributed by atoms with E-state index in [1.165, 1.54) is 61.2 Å². The number of rotatable bonds is 3. The number of hydrogen-bond donors (Lipinski definition) is 1. The molecule has 3 nitrogen and oxygen atoms in total. The number of anilines is 1. The summed E-state index contributed by atoms with van der Waals surface area (Å²) in [4.78, 5) is 7.48. The first-order valence-corrected chi connectivity index (χ1v) is 8.28. The molecule has 0 atom stereocenters. The highest BCUT2D eigenvalue weighted by Gasteiger charge is 2.22. The quantitative estimate of drug-likeness (QED) is 0.920. The topological polar surface area (TPSA) is 42.2 Å². The van der Waals surface area contributed by atoms with Gasteiger partial charge in [-0.2, -0.15) is 0 Å². The first-order chi connectivity index (χ1) is 9.81. The van der Waals surface area contributed by atoms with E-state index >= 15 is 0 Å². The molecule has 1 aliphatic carbocycles. The molecule has 1 saturated heterocycles. The number of pyridine rings is 1. The van der Waals surface area contributed by atoms with Crippen LogP contribution in [0.4, 0.5) is 5.82 Å². The second kappa shape index (κ2) is 6.13. The summed E-state index contributed by atoms with van der Waals surface area (Å²) in [6, 6.07) is 2.34. The van der Waals surface area contributed by atoms with Crippen LogP contribution >= 0.6 is 0 Å². The molecule has 0 bridgehead atoms. The van der Waals surface area contributed by atoms with Crippen LogP contribution in [0.25, 0.3) is 0 Å². The molecule has 1 aromatic heterocycles. The molecule has 2 N–H and O–H groups in total. The Hall–Kier alpha value is -1.09. The van der Waals surface area contributed by atoms with Crippen molar-refractivity contribution in [3.05, 3.63) is 22.9 Å². The molecule has 0 saturated carbocycles. The number of nitrogens with zero attached hydrogens (tertiary/aromatic N) is 2. The maximum Gasteiger partial charge on any atom is 0.133 e. The highest BCUT2D eigenvalue weighted by atomic mass is 15.2. The molecule has 110 valence electrons. The standard InChI is InChI=1S/C17H27N3/c1-2-13-7-9-20(10-8-13)17-15(12-18)11-14-5-3-4-6-16(14)19-17/h11,13H,2-10,12,18H2,1H3. The summed E-state index contributed by atoms with van der Waals surface area (Å²) in [5.41, 5.74) is 10.0. The van der Waals surface area contributed by atoms with Crippen LogP contribution in [0.2, 0.25) is 0 Å². The first-order valence-electron chi connectivity index (χ1n) is 8.28. The van der Waals surface area contributed by atoms with Crippen molar-refractivity contribution < 1.29 is 0 Å². The minimum atomic E-state index is 0.614. The van der Waals surface area contributed by atoms with Gasteiger partial charge in [-0.1, -0.05) is 13.3 Å². The van der Waals surface area contributed by atoms with Crippen molar-refractivity contribution in [2.24, 2.45) is 11.7 Å². The van der Waals surface area contributed by atoms with E-state index in [-0.39, 0.29) is 0 Å². The molecule has 3 rings (SSSR count). The van der Waals surface area contributed by atoms with Crippen molar-refractivity contribution >= 4 is 5.82 Å². The van der Waals surface area contributed by atoms with E-state index in [0.717, 1.165) is 25.4 Å². The molecule has 1 aliphatic heterocycles. The van der Waals surface area contributed by atoms with Crippen molar-refractivity contribution in [1.29, 1.82) is 0 Å². The Morgan fingerprint density at radius 2 is 2.00 bits per heavy atom. The number of piperidine rings is 1. The Bertz CT molecular complexity index is 462. The largest absolute Gasteiger partial charge is 0.356 e. The van der Waals surface area contributed by atoms with Crippen LogP contribution in [0.1, 0.15) is 55.8 Å². The zero-order valence-corrected chi connectivity index (χ0v) is 12.7. The summed E-state index contributed by atoms with van der Waals surface area (Å²) >= 11 is 0. The van der Waals surface area contributed by atoms with Gasteiger partial charge in [-0.25, -0.2) is 4.98 Å². The van der Waals surface area contributed by atoms with Crippen molar-refractivity contribution in [3.8, 4) is 0 Å². The zero-order chi connectivity index (χ0) is 13.9. The van der Waals surface area contributed by atoms with Crippen LogP contribution in [-0.2, 0) is 19.4 Å². The minimum Gasteiger partial charge on any atom is -0.356 e. The third kappa shape index (κ3) is 2.69. The number of aryl methyl sites for hydroxylation is 2. The number of aromatic nitrogens is 1. The molecule has 1 fully saturated rings. The molecule has 2 aliphatic rings. The summed E-state index contributed by atoms with van der Waals surface area (Å²) in [5.74, 6) is 2.09. The number of hydrogen-bond acceptors (Lipinski definition) is 3. The Kier molecular flexibility index (Phi) is 4.25. The van der Waals surface area contributed by atoms with Gasteiger partial charge in [-0.15, -0.1) is 0 Å². The highest BCUT2D eigenvalue weighted by Crippen LogP contribution is 2.30. The van der Waals surface area contributed by atoms with Gasteiger partial charge in [0.15, 0.2) is 0 Å². The molecule has 0 amide bonds. The Labute approximate surface area is 122 Å². The van der Waals surface area contributed by atoms with Gasteiger partial charge in [-0.05, 0) is 56.1 Å². The van der Waals surface area contributed by atoms with E-state index < -0.39 is 0 Å². The Balaban J connectivity index is 1.85. The second-order valence-electron chi connectivity index (χ2n) is 6.33. The van der Waals surface area contributed by atoms with E-state index in [4.69, 9.17) is 10.7 Å². The van der Waals surface area contributed by atoms with Gasteiger partial charge in [0.1, 0.15) is 5.82 Å². The van der Waals surface area contributed by atoms with Crippen LogP contribution in [-0.4, -0.2) is 18.1 Å². The molecule has 0 unspecified atom stereocenters. The summed E-state index contributed by atoms with van der Waals surface area (Å²) < 4.78 is 0. The fourth-order valence-corrected chi connectivity index (χ4v) is 3.65. The van der Waals surface area contributed by atoms with Crippen molar-refractivity contribution in [2.45, 2.75) is 58.4 Å². The van der Waals surface area contributed by atoms with Gasteiger partial charge in [0.2, 0.25) is 0 Å². The Morgan fingerprint density at radius 3 is 2.70 bits per heavy atom. The van der Waals surface area contributed by atoms with Gasteiger partial charge in [0.25, 0.3) is 0 Å². The third-order valence-corrected chi connectivity index (χ3v) is 5.07. The lowest BCUT2D eigenvalue weighted by molar-refractivity contribution is 0.393. The van der Waals surface area contributed by atoms with Gasteiger partial charge < -0.3 is 10.6 Å². The molecular weight excluding hydrogens is 246 g/mol. The predicted octanol–water partition coefficient (Wildman–Crippen LogP) is 3.05. The van der Waals surface area contributed by atoms with Crippen molar-refractivity contribution in [3.63, 3.8) is 0 Å². The van der Waals surface area contributed by atoms with Crippen molar-refractivity contribution in [2.75, 3.05) is 18.0 Å². The Morgan fingerprint density at radius 1 is 1.25 bits per heavy atom. The molecule has 2 heterocycles. The average molecular weight is 273 g/mol. The first kappa shape index (κ1) is 13.9. The fourth-order valence-electron chi connectivity index (χ4n) is 3.65. The maximum atomic E-state index is 5.98. The van der Waals surface area contributed by atoms with Crippen LogP contribution in [0.15, 0.2) is 6.07 Å². The van der Waals surface area contributed by atoms with Crippen LogP contribution in [0, 0.1) is 5.92 Å². The van der Waals surface area contributed by atoms with Gasteiger partial charge in [0.05, 0.1) is 0 Å². The minimum absolute atomic E-state index is 0.614. The van der Waals surface area contributed by atoms with Crippen LogP contribution in [0.5, 0.6) is 0 Å². The van der Waals surface area contributed by atoms with Crippen LogP contribution < -0.4 is 10.6 Å². The lowest BCUT2D eigenvalue weighted by Gasteiger charge is -2.34.